The van der Waals surface area contributed by atoms with Gasteiger partial charge in [-0.15, -0.1) is 0 Å². The van der Waals surface area contributed by atoms with Crippen LogP contribution in [0.2, 0.25) is 0 Å². The summed E-state index contributed by atoms with van der Waals surface area (Å²) in [5.41, 5.74) is 0.356. The topological polar surface area (TPSA) is 113 Å². The molecular weight excluding hydrogens is 437 g/mol. The fourth-order valence-corrected chi connectivity index (χ4v) is 3.34. The molecule has 1 amide bonds. The van der Waals surface area contributed by atoms with Gasteiger partial charge in [-0.2, -0.15) is 5.26 Å². The molecule has 168 valence electrons. The summed E-state index contributed by atoms with van der Waals surface area (Å²) in [5.74, 6) is -6.91. The van der Waals surface area contributed by atoms with Gasteiger partial charge in [0.15, 0.2) is 11.4 Å². The number of hydrogen-bond donors (Lipinski definition) is 2. The van der Waals surface area contributed by atoms with Crippen molar-refractivity contribution in [3.63, 3.8) is 0 Å². The molecule has 32 heavy (non-hydrogen) atoms. The molecule has 7 nitrogen and oxygen atoms in total. The molecule has 0 saturated heterocycles. The van der Waals surface area contributed by atoms with Crippen LogP contribution in [0.4, 0.5) is 27.6 Å². The maximum Gasteiger partial charge on any atom is 0.283 e. The van der Waals surface area contributed by atoms with Crippen LogP contribution in [0.15, 0.2) is 35.5 Å². The standard InChI is InChI=1S/C20H16F5N5O2/c1-32-14-6-10(8-26)9-28-16(14)17(31)29-11-2-3-13(21)12(7-11)20(18(22)23)19(24,25)5-4-15(27)30-20/h2-3,6-7,9,18H,4-5H2,1H3,(H2,27,30)(H,29,31)/t20-/m0/s1. The van der Waals surface area contributed by atoms with Crippen LogP contribution in [0.1, 0.15) is 34.5 Å². The number of methoxy groups -OCH3 is 1. The lowest BCUT2D eigenvalue weighted by molar-refractivity contribution is -0.145. The van der Waals surface area contributed by atoms with Crippen LogP contribution in [0, 0.1) is 17.1 Å². The number of halogens is 5. The molecule has 2 heterocycles. The first-order chi connectivity index (χ1) is 15.1. The number of rotatable bonds is 5. The Hall–Kier alpha value is -3.75. The van der Waals surface area contributed by atoms with Gasteiger partial charge in [0, 0.05) is 36.4 Å². The van der Waals surface area contributed by atoms with Crippen LogP contribution >= 0.6 is 0 Å². The number of benzene rings is 1. The van der Waals surface area contributed by atoms with Crippen LogP contribution in [0.25, 0.3) is 0 Å². The molecule has 0 bridgehead atoms. The number of carbonyl (C=O) groups is 1. The van der Waals surface area contributed by atoms with Crippen molar-refractivity contribution in [3.05, 3.63) is 53.1 Å². The molecule has 1 aliphatic heterocycles. The third-order valence-electron chi connectivity index (χ3n) is 4.94. The van der Waals surface area contributed by atoms with Crippen molar-refractivity contribution in [2.45, 2.75) is 30.7 Å². The summed E-state index contributed by atoms with van der Waals surface area (Å²) in [7, 11) is 1.23. The summed E-state index contributed by atoms with van der Waals surface area (Å²) in [6, 6.07) is 5.37. The monoisotopic (exact) mass is 453 g/mol. The molecule has 1 atom stereocenters. The number of alkyl halides is 4. The van der Waals surface area contributed by atoms with Gasteiger partial charge in [-0.1, -0.05) is 0 Å². The minimum atomic E-state index is -4.11. The molecule has 0 saturated carbocycles. The SMILES string of the molecule is COc1cc(C#N)cnc1C(=O)Nc1ccc(F)c([C@@]2(C(F)F)N=C(N)CCC2(F)F)c1. The molecule has 1 aliphatic rings. The molecule has 0 radical (unpaired) electrons. The van der Waals surface area contributed by atoms with E-state index in [1.54, 1.807) is 0 Å². The van der Waals surface area contributed by atoms with Gasteiger partial charge in [-0.3, -0.25) is 4.79 Å². The average molecular weight is 453 g/mol. The van der Waals surface area contributed by atoms with E-state index in [1.165, 1.54) is 13.2 Å². The lowest BCUT2D eigenvalue weighted by atomic mass is 9.79. The Morgan fingerprint density at radius 3 is 2.69 bits per heavy atom. The smallest absolute Gasteiger partial charge is 0.283 e. The van der Waals surface area contributed by atoms with Crippen molar-refractivity contribution in [2.75, 3.05) is 12.4 Å². The highest BCUT2D eigenvalue weighted by molar-refractivity contribution is 6.04. The van der Waals surface area contributed by atoms with Crippen molar-refractivity contribution in [1.29, 1.82) is 5.26 Å². The van der Waals surface area contributed by atoms with Gasteiger partial charge in [-0.05, 0) is 18.2 Å². The third-order valence-corrected chi connectivity index (χ3v) is 4.94. The van der Waals surface area contributed by atoms with E-state index in [2.05, 4.69) is 15.3 Å². The Morgan fingerprint density at radius 1 is 1.34 bits per heavy atom. The molecule has 1 aromatic carbocycles. The zero-order valence-electron chi connectivity index (χ0n) is 16.5. The molecule has 0 spiro atoms. The van der Waals surface area contributed by atoms with Gasteiger partial charge in [0.1, 0.15) is 11.9 Å². The highest BCUT2D eigenvalue weighted by Crippen LogP contribution is 2.51. The molecule has 0 aliphatic carbocycles. The Labute approximate surface area is 178 Å². The average Bonchev–Trinajstić information content (AvgIpc) is 2.76. The second-order valence-electron chi connectivity index (χ2n) is 6.91. The highest BCUT2D eigenvalue weighted by Gasteiger charge is 2.63. The van der Waals surface area contributed by atoms with E-state index in [0.717, 1.165) is 12.3 Å². The first kappa shape index (κ1) is 22.9. The molecule has 0 unspecified atom stereocenters. The number of amides is 1. The van der Waals surface area contributed by atoms with Gasteiger partial charge < -0.3 is 15.8 Å². The summed E-state index contributed by atoms with van der Waals surface area (Å²) in [6.45, 7) is 0. The molecule has 1 aromatic heterocycles. The second kappa shape index (κ2) is 8.41. The predicted molar refractivity (Wildman–Crippen MR) is 103 cm³/mol. The minimum absolute atomic E-state index is 0.0656. The fourth-order valence-electron chi connectivity index (χ4n) is 3.34. The van der Waals surface area contributed by atoms with Crippen molar-refractivity contribution >= 4 is 17.4 Å². The van der Waals surface area contributed by atoms with E-state index in [1.807, 2.05) is 6.07 Å². The predicted octanol–water partition coefficient (Wildman–Crippen LogP) is 3.60. The second-order valence-corrected chi connectivity index (χ2v) is 6.91. The van der Waals surface area contributed by atoms with Crippen LogP contribution in [0.3, 0.4) is 0 Å². The van der Waals surface area contributed by atoms with Gasteiger partial charge in [0.2, 0.25) is 5.54 Å². The van der Waals surface area contributed by atoms with Crippen LogP contribution in [0.5, 0.6) is 5.75 Å². The summed E-state index contributed by atoms with van der Waals surface area (Å²) in [6.07, 6.45) is -4.17. The summed E-state index contributed by atoms with van der Waals surface area (Å²) < 4.78 is 76.9. The molecule has 3 rings (SSSR count). The summed E-state index contributed by atoms with van der Waals surface area (Å²) >= 11 is 0. The van der Waals surface area contributed by atoms with E-state index in [0.29, 0.717) is 12.1 Å². The number of anilines is 1. The van der Waals surface area contributed by atoms with Crippen molar-refractivity contribution in [3.8, 4) is 11.8 Å². The Balaban J connectivity index is 2.05. The van der Waals surface area contributed by atoms with Crippen LogP contribution in [-0.2, 0) is 5.54 Å². The van der Waals surface area contributed by atoms with Gasteiger partial charge >= 0.3 is 0 Å². The summed E-state index contributed by atoms with van der Waals surface area (Å²) in [4.78, 5) is 19.7. The number of pyridine rings is 1. The Morgan fingerprint density at radius 2 is 2.06 bits per heavy atom. The number of hydrogen-bond acceptors (Lipinski definition) is 6. The number of aliphatic imine (C=N–C) groups is 1. The number of nitrogens with zero attached hydrogens (tertiary/aromatic N) is 3. The fraction of sp³-hybridized carbons (Fsp3) is 0.300. The molecule has 2 aromatic rings. The minimum Gasteiger partial charge on any atom is -0.494 e. The Bertz CT molecular complexity index is 1130. The van der Waals surface area contributed by atoms with Gasteiger partial charge in [0.05, 0.1) is 18.5 Å². The number of ether oxygens (including phenoxy) is 1. The van der Waals surface area contributed by atoms with Crippen LogP contribution in [-0.4, -0.2) is 36.2 Å². The lowest BCUT2D eigenvalue weighted by Gasteiger charge is -2.40. The highest BCUT2D eigenvalue weighted by atomic mass is 19.3. The number of carbonyl (C=O) groups excluding carboxylic acids is 1. The lowest BCUT2D eigenvalue weighted by Crippen LogP contribution is -2.54. The quantitative estimate of drug-likeness (QED) is 0.672. The third kappa shape index (κ3) is 3.81. The van der Waals surface area contributed by atoms with E-state index < -0.39 is 53.9 Å². The number of aromatic nitrogens is 1. The molecule has 0 fully saturated rings. The number of amidine groups is 1. The molecular formula is C20H16F5N5O2. The zero-order valence-corrected chi connectivity index (χ0v) is 16.5. The van der Waals surface area contributed by atoms with Crippen LogP contribution < -0.4 is 15.8 Å². The number of nitrogens with two attached hydrogens (primary N) is 1. The van der Waals surface area contributed by atoms with E-state index in [4.69, 9.17) is 15.7 Å². The molecule has 12 heteroatoms. The first-order valence-corrected chi connectivity index (χ1v) is 9.11. The van der Waals surface area contributed by atoms with E-state index in [-0.39, 0.29) is 22.7 Å². The zero-order chi connectivity index (χ0) is 23.7. The molecule has 3 N–H and O–H groups in total. The first-order valence-electron chi connectivity index (χ1n) is 9.11. The van der Waals surface area contributed by atoms with E-state index >= 15 is 0 Å². The van der Waals surface area contributed by atoms with Crippen molar-refractivity contribution in [2.24, 2.45) is 10.7 Å². The maximum absolute atomic E-state index is 14.7. The number of nitrogens with one attached hydrogen (secondary N) is 1. The normalized spacial score (nSPS) is 19.8. The van der Waals surface area contributed by atoms with Crippen molar-refractivity contribution < 1.29 is 31.5 Å². The Kier molecular flexibility index (Phi) is 6.03. The van der Waals surface area contributed by atoms with Crippen molar-refractivity contribution in [1.82, 2.24) is 4.98 Å². The summed E-state index contributed by atoms with van der Waals surface area (Å²) in [5, 5.41) is 11.2. The van der Waals surface area contributed by atoms with Gasteiger partial charge in [0.25, 0.3) is 18.3 Å². The van der Waals surface area contributed by atoms with Gasteiger partial charge in [-0.25, -0.2) is 31.9 Å². The largest absolute Gasteiger partial charge is 0.494 e. The number of nitriles is 1. The van der Waals surface area contributed by atoms with E-state index in [9.17, 15) is 26.7 Å². The maximum atomic E-state index is 14.7.